The lowest BCUT2D eigenvalue weighted by Gasteiger charge is -2.13. The first kappa shape index (κ1) is 12.6. The number of aromatic nitrogens is 2. The van der Waals surface area contributed by atoms with Crippen LogP contribution in [-0.2, 0) is 4.74 Å². The van der Waals surface area contributed by atoms with Crippen molar-refractivity contribution in [2.24, 2.45) is 5.92 Å². The van der Waals surface area contributed by atoms with E-state index in [9.17, 15) is 4.79 Å². The van der Waals surface area contributed by atoms with Gasteiger partial charge in [0.1, 0.15) is 6.33 Å². The molecule has 0 spiro atoms. The van der Waals surface area contributed by atoms with Crippen LogP contribution in [0.25, 0.3) is 0 Å². The van der Waals surface area contributed by atoms with Crippen molar-refractivity contribution < 1.29 is 19.4 Å². The summed E-state index contributed by atoms with van der Waals surface area (Å²) in [6.07, 6.45) is 2.20. The molecule has 1 atom stereocenters. The van der Waals surface area contributed by atoms with E-state index in [0.717, 1.165) is 13.0 Å². The van der Waals surface area contributed by atoms with Crippen LogP contribution in [0.2, 0.25) is 0 Å². The molecule has 2 N–H and O–H groups in total. The first-order valence-corrected chi connectivity index (χ1v) is 5.66. The highest BCUT2D eigenvalue weighted by molar-refractivity contribution is 5.90. The fourth-order valence-electron chi connectivity index (χ4n) is 1.83. The summed E-state index contributed by atoms with van der Waals surface area (Å²) in [6, 6.07) is 0. The van der Waals surface area contributed by atoms with Crippen LogP contribution in [-0.4, -0.2) is 47.9 Å². The van der Waals surface area contributed by atoms with Crippen molar-refractivity contribution in [2.75, 3.05) is 32.2 Å². The van der Waals surface area contributed by atoms with Crippen molar-refractivity contribution in [1.82, 2.24) is 9.97 Å². The van der Waals surface area contributed by atoms with E-state index in [4.69, 9.17) is 14.6 Å². The Kier molecular flexibility index (Phi) is 3.93. The van der Waals surface area contributed by atoms with E-state index in [1.807, 2.05) is 0 Å². The topological polar surface area (TPSA) is 93.6 Å². The first-order chi connectivity index (χ1) is 8.72. The molecule has 1 aliphatic heterocycles. The summed E-state index contributed by atoms with van der Waals surface area (Å²) in [5, 5.41) is 12.1. The minimum Gasteiger partial charge on any atom is -0.491 e. The zero-order valence-corrected chi connectivity index (χ0v) is 10.0. The predicted molar refractivity (Wildman–Crippen MR) is 63.0 cm³/mol. The SMILES string of the molecule is COc1c(NCC2CCOC2)ncnc1C(=O)O. The van der Waals surface area contributed by atoms with Crippen molar-refractivity contribution in [3.63, 3.8) is 0 Å². The van der Waals surface area contributed by atoms with E-state index < -0.39 is 5.97 Å². The highest BCUT2D eigenvalue weighted by atomic mass is 16.5. The maximum Gasteiger partial charge on any atom is 0.358 e. The second-order valence-corrected chi connectivity index (χ2v) is 4.02. The van der Waals surface area contributed by atoms with E-state index >= 15 is 0 Å². The zero-order chi connectivity index (χ0) is 13.0. The van der Waals surface area contributed by atoms with Crippen molar-refractivity contribution in [3.8, 4) is 5.75 Å². The van der Waals surface area contributed by atoms with Crippen LogP contribution in [0.5, 0.6) is 5.75 Å². The molecule has 1 aromatic rings. The zero-order valence-electron chi connectivity index (χ0n) is 10.0. The van der Waals surface area contributed by atoms with E-state index in [2.05, 4.69) is 15.3 Å². The van der Waals surface area contributed by atoms with Crippen LogP contribution < -0.4 is 10.1 Å². The number of nitrogens with one attached hydrogen (secondary N) is 1. The Hall–Kier alpha value is -1.89. The van der Waals surface area contributed by atoms with Gasteiger partial charge in [0.05, 0.1) is 13.7 Å². The number of aromatic carboxylic acids is 1. The summed E-state index contributed by atoms with van der Waals surface area (Å²) in [7, 11) is 1.40. The normalized spacial score (nSPS) is 18.6. The lowest BCUT2D eigenvalue weighted by Crippen LogP contribution is -2.16. The number of carboxylic acid groups (broad SMARTS) is 1. The van der Waals surface area contributed by atoms with Gasteiger partial charge in [-0.2, -0.15) is 0 Å². The third-order valence-electron chi connectivity index (χ3n) is 2.79. The van der Waals surface area contributed by atoms with Gasteiger partial charge in [-0.1, -0.05) is 0 Å². The first-order valence-electron chi connectivity index (χ1n) is 5.66. The smallest absolute Gasteiger partial charge is 0.358 e. The Balaban J connectivity index is 2.11. The molecule has 1 fully saturated rings. The average Bonchev–Trinajstić information content (AvgIpc) is 2.88. The quantitative estimate of drug-likeness (QED) is 0.794. The van der Waals surface area contributed by atoms with Gasteiger partial charge in [0.25, 0.3) is 0 Å². The Morgan fingerprint density at radius 3 is 3.11 bits per heavy atom. The van der Waals surface area contributed by atoms with Crippen LogP contribution in [0.4, 0.5) is 5.82 Å². The summed E-state index contributed by atoms with van der Waals surface area (Å²) >= 11 is 0. The molecule has 0 radical (unpaired) electrons. The molecule has 18 heavy (non-hydrogen) atoms. The van der Waals surface area contributed by atoms with Crippen LogP contribution in [0.15, 0.2) is 6.33 Å². The number of methoxy groups -OCH3 is 1. The summed E-state index contributed by atoms with van der Waals surface area (Å²) in [5.41, 5.74) is -0.141. The molecule has 2 heterocycles. The van der Waals surface area contributed by atoms with Gasteiger partial charge >= 0.3 is 5.97 Å². The number of nitrogens with zero attached hydrogens (tertiary/aromatic N) is 2. The third kappa shape index (κ3) is 2.67. The second kappa shape index (κ2) is 5.63. The van der Waals surface area contributed by atoms with Gasteiger partial charge in [0, 0.05) is 19.1 Å². The molecule has 0 saturated carbocycles. The number of carbonyl (C=O) groups is 1. The van der Waals surface area contributed by atoms with Crippen molar-refractivity contribution in [2.45, 2.75) is 6.42 Å². The maximum atomic E-state index is 11.0. The second-order valence-electron chi connectivity index (χ2n) is 4.02. The lowest BCUT2D eigenvalue weighted by atomic mass is 10.1. The van der Waals surface area contributed by atoms with Gasteiger partial charge in [-0.25, -0.2) is 14.8 Å². The molecule has 0 bridgehead atoms. The molecule has 1 aromatic heterocycles. The molecule has 2 rings (SSSR count). The van der Waals surface area contributed by atoms with Gasteiger partial charge in [0.15, 0.2) is 17.3 Å². The van der Waals surface area contributed by atoms with Crippen molar-refractivity contribution in [1.29, 1.82) is 0 Å². The van der Waals surface area contributed by atoms with Crippen LogP contribution in [0, 0.1) is 5.92 Å². The molecule has 7 nitrogen and oxygen atoms in total. The number of hydrogen-bond acceptors (Lipinski definition) is 6. The Labute approximate surface area is 104 Å². The predicted octanol–water partition coefficient (Wildman–Crippen LogP) is 0.632. The minimum absolute atomic E-state index is 0.141. The van der Waals surface area contributed by atoms with Crippen molar-refractivity contribution in [3.05, 3.63) is 12.0 Å². The lowest BCUT2D eigenvalue weighted by molar-refractivity contribution is 0.0686. The maximum absolute atomic E-state index is 11.0. The average molecular weight is 253 g/mol. The third-order valence-corrected chi connectivity index (χ3v) is 2.79. The Morgan fingerprint density at radius 2 is 2.50 bits per heavy atom. The van der Waals surface area contributed by atoms with Gasteiger partial charge in [-0.3, -0.25) is 0 Å². The Morgan fingerprint density at radius 1 is 1.67 bits per heavy atom. The highest BCUT2D eigenvalue weighted by Crippen LogP contribution is 2.25. The number of anilines is 1. The highest BCUT2D eigenvalue weighted by Gasteiger charge is 2.20. The summed E-state index contributed by atoms with van der Waals surface area (Å²) in [4.78, 5) is 18.7. The van der Waals surface area contributed by atoms with Gasteiger partial charge < -0.3 is 19.9 Å². The summed E-state index contributed by atoms with van der Waals surface area (Å²) in [5.74, 6) is -0.167. The molecular weight excluding hydrogens is 238 g/mol. The molecule has 1 saturated heterocycles. The molecule has 0 amide bonds. The van der Waals surface area contributed by atoms with Gasteiger partial charge in [-0.05, 0) is 6.42 Å². The van der Waals surface area contributed by atoms with E-state index in [-0.39, 0.29) is 11.4 Å². The number of hydrogen-bond donors (Lipinski definition) is 2. The van der Waals surface area contributed by atoms with E-state index in [1.54, 1.807) is 0 Å². The van der Waals surface area contributed by atoms with Crippen LogP contribution >= 0.6 is 0 Å². The molecule has 0 aliphatic carbocycles. The monoisotopic (exact) mass is 253 g/mol. The number of rotatable bonds is 5. The van der Waals surface area contributed by atoms with Crippen molar-refractivity contribution >= 4 is 11.8 Å². The largest absolute Gasteiger partial charge is 0.491 e. The molecule has 1 unspecified atom stereocenters. The number of ether oxygens (including phenoxy) is 2. The molecule has 7 heteroatoms. The fourth-order valence-corrected chi connectivity index (χ4v) is 1.83. The Bertz CT molecular complexity index is 432. The standard InChI is InChI=1S/C11H15N3O4/c1-17-9-8(11(15)16)13-6-14-10(9)12-4-7-2-3-18-5-7/h6-7H,2-5H2,1H3,(H,15,16)(H,12,13,14). The van der Waals surface area contributed by atoms with Crippen LogP contribution in [0.1, 0.15) is 16.9 Å². The van der Waals surface area contributed by atoms with Gasteiger partial charge in [-0.15, -0.1) is 0 Å². The number of carboxylic acids is 1. The summed E-state index contributed by atoms with van der Waals surface area (Å²) in [6.45, 7) is 2.16. The van der Waals surface area contributed by atoms with Crippen LogP contribution in [0.3, 0.4) is 0 Å². The van der Waals surface area contributed by atoms with Gasteiger partial charge in [0.2, 0.25) is 0 Å². The molecular formula is C11H15N3O4. The molecule has 98 valence electrons. The molecule has 0 aromatic carbocycles. The van der Waals surface area contributed by atoms with E-state index in [0.29, 0.717) is 24.9 Å². The van der Waals surface area contributed by atoms with E-state index in [1.165, 1.54) is 13.4 Å². The fraction of sp³-hybridized carbons (Fsp3) is 0.545. The summed E-state index contributed by atoms with van der Waals surface area (Å²) < 4.78 is 10.3. The molecule has 1 aliphatic rings. The minimum atomic E-state index is -1.14.